The van der Waals surface area contributed by atoms with Crippen LogP contribution in [0, 0.1) is 5.92 Å². The SMILES string of the molecule is CN1CCO[C@@H]2CN(C(=O)c3csnn3)CC[C@@H]2C1. The van der Waals surface area contributed by atoms with E-state index in [1.165, 1.54) is 11.5 Å². The minimum atomic E-state index is -0.0200. The van der Waals surface area contributed by atoms with Crippen molar-refractivity contribution in [1.82, 2.24) is 19.4 Å². The van der Waals surface area contributed by atoms with Gasteiger partial charge in [0.2, 0.25) is 0 Å². The summed E-state index contributed by atoms with van der Waals surface area (Å²) in [6.45, 7) is 4.24. The monoisotopic (exact) mass is 282 g/mol. The maximum Gasteiger partial charge on any atom is 0.275 e. The number of nitrogens with zero attached hydrogens (tertiary/aromatic N) is 4. The number of likely N-dealkylation sites (N-methyl/N-ethyl adjacent to an activating group) is 1. The number of rotatable bonds is 1. The minimum absolute atomic E-state index is 0.0200. The summed E-state index contributed by atoms with van der Waals surface area (Å²) >= 11 is 1.21. The highest BCUT2D eigenvalue weighted by molar-refractivity contribution is 7.03. The summed E-state index contributed by atoms with van der Waals surface area (Å²) in [5.41, 5.74) is 0.453. The predicted octanol–water partition coefficient (Wildman–Crippen LogP) is 0.331. The number of ether oxygens (including phenoxy) is 1. The summed E-state index contributed by atoms with van der Waals surface area (Å²) < 4.78 is 9.66. The van der Waals surface area contributed by atoms with E-state index in [9.17, 15) is 4.79 Å². The Bertz CT molecular complexity index is 439. The molecule has 1 aromatic rings. The van der Waals surface area contributed by atoms with Gasteiger partial charge in [-0.05, 0) is 25.0 Å². The van der Waals surface area contributed by atoms with Gasteiger partial charge < -0.3 is 14.5 Å². The molecule has 2 fully saturated rings. The number of piperidine rings is 1. The van der Waals surface area contributed by atoms with Gasteiger partial charge in [-0.1, -0.05) is 4.49 Å². The predicted molar refractivity (Wildman–Crippen MR) is 71.2 cm³/mol. The topological polar surface area (TPSA) is 58.6 Å². The van der Waals surface area contributed by atoms with E-state index in [1.54, 1.807) is 5.38 Å². The average Bonchev–Trinajstić information content (AvgIpc) is 2.87. The average molecular weight is 282 g/mol. The van der Waals surface area contributed by atoms with Crippen LogP contribution in [0.3, 0.4) is 0 Å². The number of likely N-dealkylation sites (tertiary alicyclic amines) is 1. The van der Waals surface area contributed by atoms with E-state index in [0.29, 0.717) is 18.2 Å². The molecular formula is C12H18N4O2S. The van der Waals surface area contributed by atoms with Gasteiger partial charge in [0.05, 0.1) is 12.7 Å². The fourth-order valence-electron chi connectivity index (χ4n) is 2.82. The molecule has 19 heavy (non-hydrogen) atoms. The van der Waals surface area contributed by atoms with Crippen LogP contribution >= 0.6 is 11.5 Å². The van der Waals surface area contributed by atoms with Crippen LogP contribution in [0.2, 0.25) is 0 Å². The molecule has 7 heteroatoms. The molecule has 3 rings (SSSR count). The van der Waals surface area contributed by atoms with Gasteiger partial charge in [0.25, 0.3) is 5.91 Å². The Morgan fingerprint density at radius 3 is 3.16 bits per heavy atom. The molecule has 0 unspecified atom stereocenters. The van der Waals surface area contributed by atoms with E-state index in [1.807, 2.05) is 4.90 Å². The van der Waals surface area contributed by atoms with Crippen molar-refractivity contribution in [3.63, 3.8) is 0 Å². The Kier molecular flexibility index (Phi) is 3.76. The van der Waals surface area contributed by atoms with Crippen LogP contribution in [0.5, 0.6) is 0 Å². The number of aromatic nitrogens is 2. The molecule has 0 aromatic carbocycles. The first kappa shape index (κ1) is 13.0. The van der Waals surface area contributed by atoms with Gasteiger partial charge in [0, 0.05) is 37.5 Å². The Labute approximate surface area is 116 Å². The number of hydrogen-bond donors (Lipinski definition) is 0. The quantitative estimate of drug-likeness (QED) is 0.743. The lowest BCUT2D eigenvalue weighted by Crippen LogP contribution is -2.49. The highest BCUT2D eigenvalue weighted by atomic mass is 32.1. The zero-order valence-corrected chi connectivity index (χ0v) is 11.8. The highest BCUT2D eigenvalue weighted by Gasteiger charge is 2.35. The fourth-order valence-corrected chi connectivity index (χ4v) is 3.25. The lowest BCUT2D eigenvalue weighted by atomic mass is 9.93. The Balaban J connectivity index is 1.67. The van der Waals surface area contributed by atoms with Gasteiger partial charge in [0.1, 0.15) is 0 Å². The summed E-state index contributed by atoms with van der Waals surface area (Å²) in [4.78, 5) is 16.4. The van der Waals surface area contributed by atoms with E-state index in [0.717, 1.165) is 32.7 Å². The van der Waals surface area contributed by atoms with Crippen molar-refractivity contribution < 1.29 is 9.53 Å². The molecule has 1 aromatic heterocycles. The van der Waals surface area contributed by atoms with Crippen molar-refractivity contribution >= 4 is 17.4 Å². The molecule has 0 spiro atoms. The van der Waals surface area contributed by atoms with Gasteiger partial charge in [-0.25, -0.2) is 0 Å². The van der Waals surface area contributed by atoms with E-state index < -0.39 is 0 Å². The maximum absolute atomic E-state index is 12.2. The first-order valence-electron chi connectivity index (χ1n) is 6.60. The molecule has 2 atom stereocenters. The van der Waals surface area contributed by atoms with Crippen LogP contribution in [0.4, 0.5) is 0 Å². The number of carbonyl (C=O) groups is 1. The number of hydrogen-bond acceptors (Lipinski definition) is 6. The smallest absolute Gasteiger partial charge is 0.275 e. The van der Waals surface area contributed by atoms with Gasteiger partial charge >= 0.3 is 0 Å². The molecule has 2 saturated heterocycles. The molecule has 1 amide bonds. The Morgan fingerprint density at radius 2 is 2.37 bits per heavy atom. The second kappa shape index (κ2) is 5.52. The molecule has 0 aliphatic carbocycles. The zero-order valence-electron chi connectivity index (χ0n) is 11.0. The molecule has 0 bridgehead atoms. The second-order valence-corrected chi connectivity index (χ2v) is 5.87. The molecule has 2 aliphatic heterocycles. The number of fused-ring (bicyclic) bond motifs is 1. The molecule has 3 heterocycles. The first-order valence-corrected chi connectivity index (χ1v) is 7.44. The molecule has 6 nitrogen and oxygen atoms in total. The minimum Gasteiger partial charge on any atom is -0.375 e. The van der Waals surface area contributed by atoms with Crippen LogP contribution in [-0.4, -0.2) is 71.2 Å². The van der Waals surface area contributed by atoms with Gasteiger partial charge in [0.15, 0.2) is 5.69 Å². The fraction of sp³-hybridized carbons (Fsp3) is 0.750. The van der Waals surface area contributed by atoms with Gasteiger partial charge in [-0.15, -0.1) is 5.10 Å². The lowest BCUT2D eigenvalue weighted by molar-refractivity contribution is -0.0172. The molecule has 0 N–H and O–H groups in total. The zero-order chi connectivity index (χ0) is 13.2. The van der Waals surface area contributed by atoms with Crippen molar-refractivity contribution in [3.05, 3.63) is 11.1 Å². The highest BCUT2D eigenvalue weighted by Crippen LogP contribution is 2.24. The van der Waals surface area contributed by atoms with E-state index in [2.05, 4.69) is 21.5 Å². The van der Waals surface area contributed by atoms with Crippen LogP contribution in [0.25, 0.3) is 0 Å². The normalized spacial score (nSPS) is 28.8. The first-order chi connectivity index (χ1) is 9.24. The number of amides is 1. The van der Waals surface area contributed by atoms with E-state index in [4.69, 9.17) is 4.74 Å². The summed E-state index contributed by atoms with van der Waals surface area (Å²) in [7, 11) is 2.13. The summed E-state index contributed by atoms with van der Waals surface area (Å²) in [5.74, 6) is 0.513. The standard InChI is InChI=1S/C12H18N4O2S/c1-15-4-5-18-11-7-16(3-2-9(11)6-15)12(17)10-8-19-14-13-10/h8-9,11H,2-7H2,1H3/t9-,11-/m1/s1. The van der Waals surface area contributed by atoms with Crippen molar-refractivity contribution in [3.8, 4) is 0 Å². The van der Waals surface area contributed by atoms with Crippen molar-refractivity contribution in [2.45, 2.75) is 12.5 Å². The molecular weight excluding hydrogens is 264 g/mol. The molecule has 0 radical (unpaired) electrons. The van der Waals surface area contributed by atoms with Crippen LogP contribution in [0.1, 0.15) is 16.9 Å². The maximum atomic E-state index is 12.2. The summed E-state index contributed by atoms with van der Waals surface area (Å²) in [6.07, 6.45) is 1.16. The summed E-state index contributed by atoms with van der Waals surface area (Å²) in [6, 6.07) is 0. The molecule has 0 saturated carbocycles. The van der Waals surface area contributed by atoms with Crippen molar-refractivity contribution in [2.75, 3.05) is 39.8 Å². The third kappa shape index (κ3) is 2.77. The van der Waals surface area contributed by atoms with Crippen LogP contribution < -0.4 is 0 Å². The third-order valence-corrected chi connectivity index (χ3v) is 4.42. The molecule has 104 valence electrons. The Hall–Kier alpha value is -1.05. The van der Waals surface area contributed by atoms with Crippen LogP contribution in [0.15, 0.2) is 5.38 Å². The molecule has 2 aliphatic rings. The van der Waals surface area contributed by atoms with Crippen molar-refractivity contribution in [1.29, 1.82) is 0 Å². The van der Waals surface area contributed by atoms with Crippen molar-refractivity contribution in [2.24, 2.45) is 5.92 Å². The second-order valence-electron chi connectivity index (χ2n) is 5.26. The largest absolute Gasteiger partial charge is 0.375 e. The number of carbonyl (C=O) groups excluding carboxylic acids is 1. The van der Waals surface area contributed by atoms with Gasteiger partial charge in [-0.2, -0.15) is 0 Å². The van der Waals surface area contributed by atoms with Crippen LogP contribution in [-0.2, 0) is 4.74 Å². The van der Waals surface area contributed by atoms with E-state index >= 15 is 0 Å². The van der Waals surface area contributed by atoms with E-state index in [-0.39, 0.29) is 12.0 Å². The van der Waals surface area contributed by atoms with Gasteiger partial charge in [-0.3, -0.25) is 4.79 Å². The third-order valence-electron chi connectivity index (χ3n) is 3.91. The lowest BCUT2D eigenvalue weighted by Gasteiger charge is -2.37. The Morgan fingerprint density at radius 1 is 1.47 bits per heavy atom. The summed E-state index contributed by atoms with van der Waals surface area (Å²) in [5, 5.41) is 5.56.